The Labute approximate surface area is 182 Å². The fourth-order valence-corrected chi connectivity index (χ4v) is 3.40. The number of alkyl halides is 3. The quantitative estimate of drug-likeness (QED) is 0.372. The second-order valence-electron chi connectivity index (χ2n) is 7.11. The Balaban J connectivity index is 1.63. The van der Waals surface area contributed by atoms with Crippen LogP contribution in [0.3, 0.4) is 0 Å². The number of nitrogens with zero attached hydrogens (tertiary/aromatic N) is 3. The molecule has 0 aromatic heterocycles. The summed E-state index contributed by atoms with van der Waals surface area (Å²) in [6.07, 6.45) is -1.53. The van der Waals surface area contributed by atoms with Gasteiger partial charge in [0, 0.05) is 38.3 Å². The SMILES string of the molecule is CCOc1ccc(C=CC(=O)N2CCN(c3ccc(C(F)(F)F)cc3[N+](=O)[O-])CC2)cc1. The van der Waals surface area contributed by atoms with Crippen molar-refractivity contribution in [3.63, 3.8) is 0 Å². The second kappa shape index (κ2) is 9.71. The minimum atomic E-state index is -4.66. The highest BCUT2D eigenvalue weighted by Crippen LogP contribution is 2.36. The molecule has 0 radical (unpaired) electrons. The van der Waals surface area contributed by atoms with Crippen LogP contribution in [0.4, 0.5) is 24.5 Å². The van der Waals surface area contributed by atoms with Crippen LogP contribution >= 0.6 is 0 Å². The molecule has 32 heavy (non-hydrogen) atoms. The van der Waals surface area contributed by atoms with Crippen LogP contribution in [0, 0.1) is 10.1 Å². The molecule has 3 rings (SSSR count). The van der Waals surface area contributed by atoms with Crippen LogP contribution in [0.1, 0.15) is 18.1 Å². The first-order valence-corrected chi connectivity index (χ1v) is 9.99. The molecule has 1 saturated heterocycles. The van der Waals surface area contributed by atoms with Gasteiger partial charge in [0.1, 0.15) is 11.4 Å². The number of carbonyl (C=O) groups excluding carboxylic acids is 1. The molecular weight excluding hydrogens is 427 g/mol. The van der Waals surface area contributed by atoms with E-state index >= 15 is 0 Å². The lowest BCUT2D eigenvalue weighted by atomic mass is 10.1. The zero-order valence-electron chi connectivity index (χ0n) is 17.3. The highest BCUT2D eigenvalue weighted by Gasteiger charge is 2.34. The molecule has 2 aromatic rings. The van der Waals surface area contributed by atoms with Crippen molar-refractivity contribution in [1.82, 2.24) is 4.90 Å². The van der Waals surface area contributed by atoms with Crippen molar-refractivity contribution in [2.45, 2.75) is 13.1 Å². The monoisotopic (exact) mass is 449 g/mol. The maximum absolute atomic E-state index is 12.9. The first-order chi connectivity index (χ1) is 15.2. The summed E-state index contributed by atoms with van der Waals surface area (Å²) in [5, 5.41) is 11.3. The summed E-state index contributed by atoms with van der Waals surface area (Å²) in [5.74, 6) is 0.532. The Morgan fingerprint density at radius 1 is 1.12 bits per heavy atom. The molecule has 1 amide bonds. The van der Waals surface area contributed by atoms with Crippen molar-refractivity contribution in [1.29, 1.82) is 0 Å². The van der Waals surface area contributed by atoms with Gasteiger partial charge in [-0.05, 0) is 42.8 Å². The van der Waals surface area contributed by atoms with Crippen molar-refractivity contribution in [3.05, 3.63) is 69.8 Å². The highest BCUT2D eigenvalue weighted by molar-refractivity contribution is 5.92. The lowest BCUT2D eigenvalue weighted by Crippen LogP contribution is -2.48. The Bertz CT molecular complexity index is 998. The molecule has 1 fully saturated rings. The standard InChI is InChI=1S/C22H22F3N3O4/c1-2-32-18-7-3-16(4-8-18)5-10-21(29)27-13-11-26(12-14-27)19-9-6-17(22(23,24)25)15-20(19)28(30)31/h3-10,15H,2,11-14H2,1H3. The largest absolute Gasteiger partial charge is 0.494 e. The average molecular weight is 449 g/mol. The van der Waals surface area contributed by atoms with Crippen LogP contribution in [-0.2, 0) is 11.0 Å². The normalized spacial score (nSPS) is 14.6. The average Bonchev–Trinajstić information content (AvgIpc) is 2.77. The molecular formula is C22H22F3N3O4. The molecule has 2 aromatic carbocycles. The van der Waals surface area contributed by atoms with Gasteiger partial charge in [-0.1, -0.05) is 12.1 Å². The molecule has 0 aliphatic carbocycles. The molecule has 1 aliphatic rings. The Hall–Kier alpha value is -3.56. The minimum absolute atomic E-state index is 0.111. The van der Waals surface area contributed by atoms with Crippen molar-refractivity contribution in [3.8, 4) is 5.75 Å². The van der Waals surface area contributed by atoms with Crippen molar-refractivity contribution in [2.24, 2.45) is 0 Å². The third kappa shape index (κ3) is 5.57. The molecule has 0 spiro atoms. The van der Waals surface area contributed by atoms with Crippen LogP contribution < -0.4 is 9.64 Å². The molecule has 0 atom stereocenters. The van der Waals surface area contributed by atoms with E-state index in [-0.39, 0.29) is 24.7 Å². The summed E-state index contributed by atoms with van der Waals surface area (Å²) in [7, 11) is 0. The zero-order valence-corrected chi connectivity index (χ0v) is 17.3. The van der Waals surface area contributed by atoms with Gasteiger partial charge in [-0.15, -0.1) is 0 Å². The van der Waals surface area contributed by atoms with E-state index in [1.54, 1.807) is 15.9 Å². The van der Waals surface area contributed by atoms with Crippen LogP contribution in [0.15, 0.2) is 48.5 Å². The predicted molar refractivity (Wildman–Crippen MR) is 114 cm³/mol. The van der Waals surface area contributed by atoms with Crippen LogP contribution in [-0.4, -0.2) is 48.5 Å². The number of benzene rings is 2. The van der Waals surface area contributed by atoms with Gasteiger partial charge < -0.3 is 14.5 Å². The number of piperazine rings is 1. The topological polar surface area (TPSA) is 75.9 Å². The van der Waals surface area contributed by atoms with Crippen molar-refractivity contribution in [2.75, 3.05) is 37.7 Å². The lowest BCUT2D eigenvalue weighted by Gasteiger charge is -2.35. The van der Waals surface area contributed by atoms with Gasteiger partial charge in [-0.2, -0.15) is 13.2 Å². The fourth-order valence-electron chi connectivity index (χ4n) is 3.40. The Kier molecular flexibility index (Phi) is 7.01. The molecule has 170 valence electrons. The number of carbonyl (C=O) groups is 1. The van der Waals surface area contributed by atoms with Crippen molar-refractivity contribution >= 4 is 23.4 Å². The number of amides is 1. The maximum Gasteiger partial charge on any atom is 0.416 e. The number of anilines is 1. The number of nitro benzene ring substituents is 1. The molecule has 0 N–H and O–H groups in total. The van der Waals surface area contributed by atoms with Gasteiger partial charge in [0.15, 0.2) is 0 Å². The summed E-state index contributed by atoms with van der Waals surface area (Å²) in [6, 6.07) is 9.77. The maximum atomic E-state index is 12.9. The second-order valence-corrected chi connectivity index (χ2v) is 7.11. The van der Waals surface area contributed by atoms with E-state index in [0.29, 0.717) is 25.8 Å². The number of hydrogen-bond acceptors (Lipinski definition) is 5. The first kappa shape index (κ1) is 23.1. The van der Waals surface area contributed by atoms with Gasteiger partial charge in [0.25, 0.3) is 5.69 Å². The Morgan fingerprint density at radius 3 is 2.34 bits per heavy atom. The van der Waals surface area contributed by atoms with E-state index in [0.717, 1.165) is 23.4 Å². The molecule has 1 heterocycles. The summed E-state index contributed by atoms with van der Waals surface area (Å²) in [6.45, 7) is 3.59. The van der Waals surface area contributed by atoms with Gasteiger partial charge in [0.2, 0.25) is 5.91 Å². The van der Waals surface area contributed by atoms with Gasteiger partial charge in [-0.3, -0.25) is 14.9 Å². The Morgan fingerprint density at radius 2 is 1.78 bits per heavy atom. The van der Waals surface area contributed by atoms with E-state index in [1.165, 1.54) is 6.08 Å². The summed E-state index contributed by atoms with van der Waals surface area (Å²) in [5.41, 5.74) is -0.725. The summed E-state index contributed by atoms with van der Waals surface area (Å²) in [4.78, 5) is 26.2. The number of halogens is 3. The van der Waals surface area contributed by atoms with Crippen LogP contribution in [0.25, 0.3) is 6.08 Å². The van der Waals surface area contributed by atoms with E-state index in [4.69, 9.17) is 4.74 Å². The van der Waals surface area contributed by atoms with E-state index < -0.39 is 22.4 Å². The van der Waals surface area contributed by atoms with Gasteiger partial charge in [0.05, 0.1) is 17.1 Å². The number of ether oxygens (including phenoxy) is 1. The fraction of sp³-hybridized carbons (Fsp3) is 0.318. The third-order valence-electron chi connectivity index (χ3n) is 5.04. The number of nitro groups is 1. The summed E-state index contributed by atoms with van der Waals surface area (Å²) >= 11 is 0. The highest BCUT2D eigenvalue weighted by atomic mass is 19.4. The molecule has 10 heteroatoms. The van der Waals surface area contributed by atoms with E-state index in [1.807, 2.05) is 31.2 Å². The van der Waals surface area contributed by atoms with E-state index in [9.17, 15) is 28.1 Å². The van der Waals surface area contributed by atoms with Gasteiger partial charge >= 0.3 is 6.18 Å². The summed E-state index contributed by atoms with van der Waals surface area (Å²) < 4.78 is 44.1. The number of rotatable bonds is 6. The third-order valence-corrected chi connectivity index (χ3v) is 5.04. The lowest BCUT2D eigenvalue weighted by molar-refractivity contribution is -0.384. The zero-order chi connectivity index (χ0) is 23.3. The molecule has 0 saturated carbocycles. The van der Waals surface area contributed by atoms with Crippen LogP contribution in [0.5, 0.6) is 5.75 Å². The molecule has 1 aliphatic heterocycles. The molecule has 0 unspecified atom stereocenters. The van der Waals surface area contributed by atoms with Crippen LogP contribution in [0.2, 0.25) is 0 Å². The minimum Gasteiger partial charge on any atom is -0.494 e. The molecule has 7 nitrogen and oxygen atoms in total. The van der Waals surface area contributed by atoms with E-state index in [2.05, 4.69) is 0 Å². The smallest absolute Gasteiger partial charge is 0.416 e. The van der Waals surface area contributed by atoms with Crippen molar-refractivity contribution < 1.29 is 27.6 Å². The molecule has 0 bridgehead atoms. The number of hydrogen-bond donors (Lipinski definition) is 0. The first-order valence-electron chi connectivity index (χ1n) is 9.99. The van der Waals surface area contributed by atoms with Gasteiger partial charge in [-0.25, -0.2) is 0 Å². The predicted octanol–water partition coefficient (Wildman–Crippen LogP) is 4.37.